The van der Waals surface area contributed by atoms with Crippen LogP contribution in [0.4, 0.5) is 0 Å². The van der Waals surface area contributed by atoms with Crippen LogP contribution in [0.2, 0.25) is 0 Å². The van der Waals surface area contributed by atoms with E-state index in [1.54, 1.807) is 0 Å². The molecule has 4 nitrogen and oxygen atoms in total. The molecule has 0 unspecified atom stereocenters. The fourth-order valence-corrected chi connectivity index (χ4v) is 3.35. The van der Waals surface area contributed by atoms with Crippen molar-refractivity contribution in [3.63, 3.8) is 0 Å². The van der Waals surface area contributed by atoms with Crippen LogP contribution in [0.25, 0.3) is 0 Å². The highest BCUT2D eigenvalue weighted by molar-refractivity contribution is 7.99. The van der Waals surface area contributed by atoms with E-state index in [-0.39, 0.29) is 11.9 Å². The summed E-state index contributed by atoms with van der Waals surface area (Å²) in [5.74, 6) is 2.45. The summed E-state index contributed by atoms with van der Waals surface area (Å²) < 4.78 is 5.27. The van der Waals surface area contributed by atoms with E-state index in [9.17, 15) is 4.79 Å². The zero-order chi connectivity index (χ0) is 13.5. The molecule has 0 spiro atoms. The number of nitrogens with zero attached hydrogens (tertiary/aromatic N) is 1. The van der Waals surface area contributed by atoms with E-state index in [1.165, 1.54) is 5.57 Å². The molecule has 2 heterocycles. The average molecular weight is 284 g/mol. The number of carbonyl (C=O) groups is 1. The molecule has 2 aliphatic rings. The van der Waals surface area contributed by atoms with Gasteiger partial charge in [0.1, 0.15) is 0 Å². The van der Waals surface area contributed by atoms with E-state index >= 15 is 0 Å². The second kappa shape index (κ2) is 7.92. The first kappa shape index (κ1) is 14.9. The van der Waals surface area contributed by atoms with Gasteiger partial charge in [0.25, 0.3) is 0 Å². The van der Waals surface area contributed by atoms with Crippen LogP contribution in [0.5, 0.6) is 0 Å². The van der Waals surface area contributed by atoms with Gasteiger partial charge in [0, 0.05) is 31.1 Å². The molecule has 1 N–H and O–H groups in total. The molecule has 0 saturated carbocycles. The van der Waals surface area contributed by atoms with Crippen molar-refractivity contribution in [2.24, 2.45) is 0 Å². The molecule has 1 atom stereocenters. The van der Waals surface area contributed by atoms with Crippen LogP contribution in [0, 0.1) is 0 Å². The minimum Gasteiger partial charge on any atom is -0.377 e. The van der Waals surface area contributed by atoms with Crippen LogP contribution < -0.4 is 5.32 Å². The largest absolute Gasteiger partial charge is 0.377 e. The molecule has 2 rings (SSSR count). The van der Waals surface area contributed by atoms with E-state index in [0.717, 1.165) is 57.2 Å². The topological polar surface area (TPSA) is 41.6 Å². The van der Waals surface area contributed by atoms with Gasteiger partial charge in [-0.15, -0.1) is 0 Å². The lowest BCUT2D eigenvalue weighted by Crippen LogP contribution is -2.48. The zero-order valence-electron chi connectivity index (χ0n) is 11.7. The predicted molar refractivity (Wildman–Crippen MR) is 79.5 cm³/mol. The standard InChI is InChI=1S/C14H24N2O2S/c1-12(16-6-10-19-11-7-16)14(17)15-5-2-13-3-8-18-9-4-13/h3,12H,2,4-11H2,1H3,(H,15,17)/t12-/m1/s1. The van der Waals surface area contributed by atoms with Gasteiger partial charge < -0.3 is 10.1 Å². The quantitative estimate of drug-likeness (QED) is 0.772. The van der Waals surface area contributed by atoms with Crippen LogP contribution in [-0.4, -0.2) is 61.2 Å². The van der Waals surface area contributed by atoms with Gasteiger partial charge >= 0.3 is 0 Å². The van der Waals surface area contributed by atoms with Gasteiger partial charge in [-0.2, -0.15) is 11.8 Å². The number of rotatable bonds is 5. The Balaban J connectivity index is 1.66. The summed E-state index contributed by atoms with van der Waals surface area (Å²) in [4.78, 5) is 14.4. The zero-order valence-corrected chi connectivity index (χ0v) is 12.5. The fourth-order valence-electron chi connectivity index (χ4n) is 2.42. The Bertz CT molecular complexity index is 327. The first-order chi connectivity index (χ1) is 9.27. The molecule has 1 amide bonds. The van der Waals surface area contributed by atoms with E-state index in [0.29, 0.717) is 0 Å². The Labute approximate surface area is 119 Å². The Morgan fingerprint density at radius 3 is 3.00 bits per heavy atom. The van der Waals surface area contributed by atoms with Gasteiger partial charge in [-0.25, -0.2) is 0 Å². The van der Waals surface area contributed by atoms with Crippen molar-refractivity contribution in [1.29, 1.82) is 0 Å². The van der Waals surface area contributed by atoms with E-state index in [1.807, 2.05) is 18.7 Å². The van der Waals surface area contributed by atoms with Crippen LogP contribution in [-0.2, 0) is 9.53 Å². The summed E-state index contributed by atoms with van der Waals surface area (Å²) in [6, 6.07) is 0.00423. The molecule has 2 aliphatic heterocycles. The SMILES string of the molecule is C[C@H](C(=O)NCCC1=CCOCC1)N1CCSCC1. The summed E-state index contributed by atoms with van der Waals surface area (Å²) in [6.45, 7) is 6.37. The van der Waals surface area contributed by atoms with Crippen molar-refractivity contribution in [3.05, 3.63) is 11.6 Å². The molecule has 108 valence electrons. The van der Waals surface area contributed by atoms with Gasteiger partial charge in [-0.1, -0.05) is 11.6 Å². The lowest BCUT2D eigenvalue weighted by Gasteiger charge is -2.31. The number of thioether (sulfide) groups is 1. The van der Waals surface area contributed by atoms with E-state index < -0.39 is 0 Å². The van der Waals surface area contributed by atoms with Gasteiger partial charge in [0.05, 0.1) is 19.3 Å². The first-order valence-corrected chi connectivity index (χ1v) is 8.28. The van der Waals surface area contributed by atoms with Gasteiger partial charge in [-0.05, 0) is 19.8 Å². The Morgan fingerprint density at radius 2 is 2.32 bits per heavy atom. The Morgan fingerprint density at radius 1 is 1.53 bits per heavy atom. The molecule has 0 aromatic heterocycles. The van der Waals surface area contributed by atoms with E-state index in [2.05, 4.69) is 16.3 Å². The average Bonchev–Trinajstić information content (AvgIpc) is 2.48. The lowest BCUT2D eigenvalue weighted by atomic mass is 10.1. The second-order valence-corrected chi connectivity index (χ2v) is 6.28. The summed E-state index contributed by atoms with van der Waals surface area (Å²) in [5.41, 5.74) is 1.41. The number of ether oxygens (including phenoxy) is 1. The molecule has 0 aliphatic carbocycles. The third-order valence-corrected chi connectivity index (χ3v) is 4.72. The van der Waals surface area contributed by atoms with Gasteiger partial charge in [0.15, 0.2) is 0 Å². The lowest BCUT2D eigenvalue weighted by molar-refractivity contribution is -0.125. The molecular weight excluding hydrogens is 260 g/mol. The minimum atomic E-state index is 0.00423. The second-order valence-electron chi connectivity index (χ2n) is 5.05. The number of amides is 1. The third-order valence-electron chi connectivity index (χ3n) is 3.78. The maximum Gasteiger partial charge on any atom is 0.237 e. The highest BCUT2D eigenvalue weighted by atomic mass is 32.2. The monoisotopic (exact) mass is 284 g/mol. The van der Waals surface area contributed by atoms with Crippen LogP contribution >= 0.6 is 11.8 Å². The fraction of sp³-hybridized carbons (Fsp3) is 0.786. The smallest absolute Gasteiger partial charge is 0.237 e. The summed E-state index contributed by atoms with van der Waals surface area (Å²) >= 11 is 1.97. The van der Waals surface area contributed by atoms with Crippen molar-refractivity contribution in [3.8, 4) is 0 Å². The molecule has 0 bridgehead atoms. The number of hydrogen-bond donors (Lipinski definition) is 1. The summed E-state index contributed by atoms with van der Waals surface area (Å²) in [5, 5.41) is 3.06. The molecular formula is C14H24N2O2S. The molecule has 0 radical (unpaired) electrons. The minimum absolute atomic E-state index is 0.00423. The van der Waals surface area contributed by atoms with Crippen molar-refractivity contribution in [2.75, 3.05) is 44.4 Å². The van der Waals surface area contributed by atoms with Gasteiger partial charge in [0.2, 0.25) is 5.91 Å². The summed E-state index contributed by atoms with van der Waals surface area (Å²) in [6.07, 6.45) is 4.10. The van der Waals surface area contributed by atoms with Crippen LogP contribution in [0.1, 0.15) is 19.8 Å². The maximum atomic E-state index is 12.1. The van der Waals surface area contributed by atoms with Crippen molar-refractivity contribution < 1.29 is 9.53 Å². The van der Waals surface area contributed by atoms with Crippen molar-refractivity contribution in [1.82, 2.24) is 10.2 Å². The Kier molecular flexibility index (Phi) is 6.20. The molecule has 0 aromatic rings. The van der Waals surface area contributed by atoms with Crippen molar-refractivity contribution in [2.45, 2.75) is 25.8 Å². The molecule has 19 heavy (non-hydrogen) atoms. The van der Waals surface area contributed by atoms with Crippen molar-refractivity contribution >= 4 is 17.7 Å². The normalized spacial score (nSPS) is 22.7. The van der Waals surface area contributed by atoms with Crippen LogP contribution in [0.3, 0.4) is 0 Å². The predicted octanol–water partition coefficient (Wildman–Crippen LogP) is 1.28. The molecule has 1 fully saturated rings. The third kappa shape index (κ3) is 4.82. The molecule has 0 aromatic carbocycles. The molecule has 1 saturated heterocycles. The summed E-state index contributed by atoms with van der Waals surface area (Å²) in [7, 11) is 0. The highest BCUT2D eigenvalue weighted by Gasteiger charge is 2.22. The number of nitrogens with one attached hydrogen (secondary N) is 1. The van der Waals surface area contributed by atoms with E-state index in [4.69, 9.17) is 4.74 Å². The number of carbonyl (C=O) groups excluding carboxylic acids is 1. The highest BCUT2D eigenvalue weighted by Crippen LogP contribution is 2.13. The van der Waals surface area contributed by atoms with Gasteiger partial charge in [-0.3, -0.25) is 9.69 Å². The molecule has 5 heteroatoms. The first-order valence-electron chi connectivity index (χ1n) is 7.12. The Hall–Kier alpha value is -0.520. The number of hydrogen-bond acceptors (Lipinski definition) is 4. The van der Waals surface area contributed by atoms with Crippen LogP contribution in [0.15, 0.2) is 11.6 Å². The maximum absolute atomic E-state index is 12.1.